The minimum absolute atomic E-state index is 0.204. The van der Waals surface area contributed by atoms with Gasteiger partial charge >= 0.3 is 6.18 Å². The zero-order chi connectivity index (χ0) is 11.6. The minimum Gasteiger partial charge on any atom is -0.271 e. The number of halogens is 4. The first-order valence-corrected chi connectivity index (χ1v) is 4.15. The Morgan fingerprint density at radius 3 is 2.40 bits per heavy atom. The number of nitrogens with one attached hydrogen (secondary N) is 1. The van der Waals surface area contributed by atoms with Crippen molar-refractivity contribution in [2.45, 2.75) is 19.1 Å². The highest BCUT2D eigenvalue weighted by atomic mass is 19.4. The highest BCUT2D eigenvalue weighted by Gasteiger charge is 2.40. The van der Waals surface area contributed by atoms with Gasteiger partial charge in [-0.1, -0.05) is 6.07 Å². The molecule has 0 aliphatic rings. The second-order valence-electron chi connectivity index (χ2n) is 3.14. The molecule has 2 nitrogen and oxygen atoms in total. The van der Waals surface area contributed by atoms with Crippen LogP contribution in [0, 0.1) is 12.7 Å². The van der Waals surface area contributed by atoms with E-state index in [1.807, 2.05) is 0 Å². The van der Waals surface area contributed by atoms with E-state index in [1.165, 1.54) is 13.0 Å². The smallest absolute Gasteiger partial charge is 0.271 e. The van der Waals surface area contributed by atoms with Gasteiger partial charge in [-0.3, -0.25) is 5.84 Å². The Balaban J connectivity index is 3.18. The van der Waals surface area contributed by atoms with Crippen molar-refractivity contribution in [3.63, 3.8) is 0 Å². The van der Waals surface area contributed by atoms with E-state index >= 15 is 0 Å². The summed E-state index contributed by atoms with van der Waals surface area (Å²) in [4.78, 5) is 0. The van der Waals surface area contributed by atoms with Crippen molar-refractivity contribution >= 4 is 0 Å². The van der Waals surface area contributed by atoms with Crippen LogP contribution in [-0.2, 0) is 0 Å². The summed E-state index contributed by atoms with van der Waals surface area (Å²) < 4.78 is 50.2. The molecule has 1 rings (SSSR count). The van der Waals surface area contributed by atoms with Crippen LogP contribution in [0.5, 0.6) is 0 Å². The van der Waals surface area contributed by atoms with Crippen molar-refractivity contribution in [2.24, 2.45) is 5.84 Å². The largest absolute Gasteiger partial charge is 0.409 e. The molecule has 84 valence electrons. The molecule has 0 spiro atoms. The molecule has 0 bridgehead atoms. The molecule has 15 heavy (non-hydrogen) atoms. The number of rotatable bonds is 2. The topological polar surface area (TPSA) is 38.0 Å². The van der Waals surface area contributed by atoms with Crippen molar-refractivity contribution in [3.8, 4) is 0 Å². The van der Waals surface area contributed by atoms with Crippen LogP contribution in [0.2, 0.25) is 0 Å². The maximum absolute atomic E-state index is 12.8. The number of alkyl halides is 3. The monoisotopic (exact) mass is 222 g/mol. The lowest BCUT2D eigenvalue weighted by molar-refractivity contribution is -0.158. The van der Waals surface area contributed by atoms with Crippen LogP contribution in [0.3, 0.4) is 0 Å². The average molecular weight is 222 g/mol. The van der Waals surface area contributed by atoms with Gasteiger partial charge in [-0.2, -0.15) is 13.2 Å². The van der Waals surface area contributed by atoms with Gasteiger partial charge in [-0.25, -0.2) is 9.82 Å². The van der Waals surface area contributed by atoms with Crippen molar-refractivity contribution < 1.29 is 17.6 Å². The Labute approximate surface area is 84.0 Å². The first-order chi connectivity index (χ1) is 6.86. The van der Waals surface area contributed by atoms with Gasteiger partial charge in [0, 0.05) is 0 Å². The lowest BCUT2D eigenvalue weighted by atomic mass is 10.0. The highest BCUT2D eigenvalue weighted by molar-refractivity contribution is 5.30. The summed E-state index contributed by atoms with van der Waals surface area (Å²) in [7, 11) is 0. The summed E-state index contributed by atoms with van der Waals surface area (Å²) in [6.45, 7) is 1.46. The number of hydrogen-bond acceptors (Lipinski definition) is 2. The minimum atomic E-state index is -4.55. The van der Waals surface area contributed by atoms with Crippen LogP contribution in [0.15, 0.2) is 18.2 Å². The third-order valence-electron chi connectivity index (χ3n) is 2.05. The second kappa shape index (κ2) is 4.16. The molecule has 1 unspecified atom stereocenters. The summed E-state index contributed by atoms with van der Waals surface area (Å²) in [6, 6.07) is 1.16. The number of benzene rings is 1. The number of hydrogen-bond donors (Lipinski definition) is 2. The molecule has 0 aromatic heterocycles. The Bertz CT molecular complexity index is 348. The standard InChI is InChI=1S/C9H10F4N2/c1-5-2-3-6(10)4-7(5)8(15-14)9(11,12)13/h2-4,8,15H,14H2,1H3. The maximum atomic E-state index is 12.8. The molecule has 0 saturated carbocycles. The van der Waals surface area contributed by atoms with E-state index in [9.17, 15) is 17.6 Å². The van der Waals surface area contributed by atoms with E-state index in [-0.39, 0.29) is 5.56 Å². The zero-order valence-corrected chi connectivity index (χ0v) is 7.90. The third kappa shape index (κ3) is 2.66. The fourth-order valence-electron chi connectivity index (χ4n) is 1.28. The van der Waals surface area contributed by atoms with Gasteiger partial charge < -0.3 is 0 Å². The van der Waals surface area contributed by atoms with Gasteiger partial charge in [0.2, 0.25) is 0 Å². The molecule has 0 saturated heterocycles. The Hall–Kier alpha value is -1.14. The molecular formula is C9H10F4N2. The molecule has 1 aromatic carbocycles. The van der Waals surface area contributed by atoms with Gasteiger partial charge in [0.15, 0.2) is 0 Å². The molecule has 0 aliphatic heterocycles. The van der Waals surface area contributed by atoms with Crippen LogP contribution < -0.4 is 11.3 Å². The van der Waals surface area contributed by atoms with Crippen LogP contribution in [0.4, 0.5) is 17.6 Å². The summed E-state index contributed by atoms with van der Waals surface area (Å²) in [5.74, 6) is 4.10. The van der Waals surface area contributed by atoms with Crippen LogP contribution in [-0.4, -0.2) is 6.18 Å². The molecule has 0 radical (unpaired) electrons. The van der Waals surface area contributed by atoms with Gasteiger partial charge in [0.05, 0.1) is 0 Å². The fourth-order valence-corrected chi connectivity index (χ4v) is 1.28. The van der Waals surface area contributed by atoms with Crippen molar-refractivity contribution in [1.29, 1.82) is 0 Å². The summed E-state index contributed by atoms with van der Waals surface area (Å²) >= 11 is 0. The van der Waals surface area contributed by atoms with Gasteiger partial charge in [0.25, 0.3) is 0 Å². The van der Waals surface area contributed by atoms with Crippen LogP contribution in [0.25, 0.3) is 0 Å². The molecule has 0 aliphatic carbocycles. The van der Waals surface area contributed by atoms with E-state index in [0.29, 0.717) is 5.56 Å². The number of hydrazine groups is 1. The molecule has 0 heterocycles. The molecule has 1 atom stereocenters. The van der Waals surface area contributed by atoms with Crippen molar-refractivity contribution in [3.05, 3.63) is 35.1 Å². The third-order valence-corrected chi connectivity index (χ3v) is 2.05. The predicted octanol–water partition coefficient (Wildman–Crippen LogP) is 2.20. The van der Waals surface area contributed by atoms with E-state index in [2.05, 4.69) is 0 Å². The molecular weight excluding hydrogens is 212 g/mol. The van der Waals surface area contributed by atoms with Crippen molar-refractivity contribution in [1.82, 2.24) is 5.43 Å². The average Bonchev–Trinajstić information content (AvgIpc) is 2.10. The molecule has 3 N–H and O–H groups in total. The predicted molar refractivity (Wildman–Crippen MR) is 47.3 cm³/mol. The first kappa shape index (κ1) is 11.9. The summed E-state index contributed by atoms with van der Waals surface area (Å²) in [5, 5.41) is 0. The maximum Gasteiger partial charge on any atom is 0.409 e. The van der Waals surface area contributed by atoms with E-state index in [4.69, 9.17) is 5.84 Å². The summed E-state index contributed by atoms with van der Waals surface area (Å²) in [6.07, 6.45) is -4.55. The molecule has 6 heteroatoms. The summed E-state index contributed by atoms with van der Waals surface area (Å²) in [5.41, 5.74) is 1.76. The zero-order valence-electron chi connectivity index (χ0n) is 7.90. The number of nitrogens with two attached hydrogens (primary N) is 1. The lowest BCUT2D eigenvalue weighted by Crippen LogP contribution is -2.38. The second-order valence-corrected chi connectivity index (χ2v) is 3.14. The van der Waals surface area contributed by atoms with Gasteiger partial charge in [0.1, 0.15) is 11.9 Å². The first-order valence-electron chi connectivity index (χ1n) is 4.15. The van der Waals surface area contributed by atoms with E-state index in [1.54, 1.807) is 5.43 Å². The Morgan fingerprint density at radius 2 is 1.93 bits per heavy atom. The Morgan fingerprint density at radius 1 is 1.33 bits per heavy atom. The van der Waals surface area contributed by atoms with E-state index in [0.717, 1.165) is 12.1 Å². The Kier molecular flexibility index (Phi) is 3.31. The van der Waals surface area contributed by atoms with Crippen LogP contribution >= 0.6 is 0 Å². The SMILES string of the molecule is Cc1ccc(F)cc1C(NN)C(F)(F)F. The highest BCUT2D eigenvalue weighted by Crippen LogP contribution is 2.33. The van der Waals surface area contributed by atoms with Gasteiger partial charge in [-0.05, 0) is 30.2 Å². The lowest BCUT2D eigenvalue weighted by Gasteiger charge is -2.21. The fraction of sp³-hybridized carbons (Fsp3) is 0.333. The van der Waals surface area contributed by atoms with Gasteiger partial charge in [-0.15, -0.1) is 0 Å². The molecule has 0 amide bonds. The van der Waals surface area contributed by atoms with Crippen molar-refractivity contribution in [2.75, 3.05) is 0 Å². The molecule has 0 fully saturated rings. The van der Waals surface area contributed by atoms with E-state index < -0.39 is 18.0 Å². The molecule has 1 aromatic rings. The van der Waals surface area contributed by atoms with Crippen LogP contribution in [0.1, 0.15) is 17.2 Å². The quantitative estimate of drug-likeness (QED) is 0.457. The normalized spacial score (nSPS) is 14.0. The number of aryl methyl sites for hydroxylation is 1.